The van der Waals surface area contributed by atoms with E-state index in [1.807, 2.05) is 0 Å². The number of quaternary nitrogens is 1. The van der Waals surface area contributed by atoms with Crippen LogP contribution in [0.4, 0.5) is 0 Å². The van der Waals surface area contributed by atoms with Crippen molar-refractivity contribution in [1.29, 1.82) is 0 Å². The molecular formula is C12H26N3+. The molecule has 2 saturated carbocycles. The topological polar surface area (TPSA) is 52.0 Å². The van der Waals surface area contributed by atoms with E-state index in [9.17, 15) is 0 Å². The predicted octanol–water partition coefficient (Wildman–Crippen LogP) is 2.22. The van der Waals surface area contributed by atoms with Crippen LogP contribution in [-0.2, 0) is 0 Å². The van der Waals surface area contributed by atoms with Gasteiger partial charge in [-0.3, -0.25) is 0 Å². The molecule has 0 atom stereocenters. The lowest BCUT2D eigenvalue weighted by Gasteiger charge is -2.43. The molecule has 0 aromatic heterocycles. The molecule has 0 heterocycles. The Balaban J connectivity index is 1.96. The second kappa shape index (κ2) is 4.81. The summed E-state index contributed by atoms with van der Waals surface area (Å²) >= 11 is 0. The van der Waals surface area contributed by atoms with Crippen molar-refractivity contribution in [1.82, 2.24) is 0 Å². The van der Waals surface area contributed by atoms with Gasteiger partial charge in [-0.2, -0.15) is 16.4 Å². The highest BCUT2D eigenvalue weighted by molar-refractivity contribution is 4.71. The highest BCUT2D eigenvalue weighted by atomic mass is 15.8. The van der Waals surface area contributed by atoms with Crippen molar-refractivity contribution >= 4 is 0 Å². The van der Waals surface area contributed by atoms with Crippen LogP contribution >= 0.6 is 0 Å². The summed E-state index contributed by atoms with van der Waals surface area (Å²) in [5.74, 6) is 12.8. The maximum absolute atomic E-state index is 6.38. The van der Waals surface area contributed by atoms with Crippen LogP contribution in [0, 0.1) is 0 Å². The molecule has 0 amide bonds. The number of hydrogen-bond acceptors (Lipinski definition) is 2. The molecule has 88 valence electrons. The van der Waals surface area contributed by atoms with Gasteiger partial charge < -0.3 is 0 Å². The second-order valence-electron chi connectivity index (χ2n) is 5.48. The minimum atomic E-state index is 0.333. The van der Waals surface area contributed by atoms with Crippen molar-refractivity contribution in [3.05, 3.63) is 0 Å². The molecule has 0 radical (unpaired) electrons. The van der Waals surface area contributed by atoms with Crippen LogP contribution in [0.15, 0.2) is 0 Å². The first-order chi connectivity index (χ1) is 7.21. The van der Waals surface area contributed by atoms with E-state index in [1.165, 1.54) is 64.2 Å². The van der Waals surface area contributed by atoms with Crippen molar-refractivity contribution < 1.29 is 4.70 Å². The Morgan fingerprint density at radius 2 is 0.933 bits per heavy atom. The fourth-order valence-electron chi connectivity index (χ4n) is 3.35. The van der Waals surface area contributed by atoms with Crippen LogP contribution in [0.3, 0.4) is 0 Å². The van der Waals surface area contributed by atoms with Gasteiger partial charge in [0.25, 0.3) is 0 Å². The third-order valence-electron chi connectivity index (χ3n) is 4.41. The van der Waals surface area contributed by atoms with E-state index in [1.54, 1.807) is 0 Å². The van der Waals surface area contributed by atoms with E-state index >= 15 is 0 Å². The second-order valence-corrected chi connectivity index (χ2v) is 5.48. The summed E-state index contributed by atoms with van der Waals surface area (Å²) in [4.78, 5) is 0. The lowest BCUT2D eigenvalue weighted by atomic mass is 9.89. The summed E-state index contributed by atoms with van der Waals surface area (Å²) in [5, 5.41) is 0. The molecular weight excluding hydrogens is 186 g/mol. The van der Waals surface area contributed by atoms with Crippen molar-refractivity contribution in [3.63, 3.8) is 0 Å². The molecule has 0 spiro atoms. The Morgan fingerprint density at radius 3 is 1.27 bits per heavy atom. The van der Waals surface area contributed by atoms with E-state index < -0.39 is 0 Å². The first kappa shape index (κ1) is 11.4. The van der Waals surface area contributed by atoms with E-state index in [4.69, 9.17) is 11.7 Å². The molecule has 0 aliphatic heterocycles. The van der Waals surface area contributed by atoms with Crippen LogP contribution in [0.2, 0.25) is 0 Å². The van der Waals surface area contributed by atoms with Gasteiger partial charge in [-0.25, -0.2) is 0 Å². The minimum absolute atomic E-state index is 0.333. The Bertz CT molecular complexity index is 171. The molecule has 4 N–H and O–H groups in total. The Labute approximate surface area is 93.3 Å². The average molecular weight is 212 g/mol. The predicted molar refractivity (Wildman–Crippen MR) is 62.4 cm³/mol. The molecule has 2 aliphatic carbocycles. The molecule has 0 saturated heterocycles. The van der Waals surface area contributed by atoms with Crippen molar-refractivity contribution in [3.8, 4) is 0 Å². The highest BCUT2D eigenvalue weighted by Gasteiger charge is 2.40. The SMILES string of the molecule is N[N+](N)(C1CCCCC1)C1CCCCC1. The first-order valence-corrected chi connectivity index (χ1v) is 6.67. The fraction of sp³-hybridized carbons (Fsp3) is 1.00. The van der Waals surface area contributed by atoms with Gasteiger partial charge in [-0.1, -0.05) is 12.8 Å². The van der Waals surface area contributed by atoms with E-state index in [0.717, 1.165) is 0 Å². The standard InChI is InChI=1S/C12H26N3/c13-15(14,11-7-3-1-4-8-11)12-9-5-2-6-10-12/h11-12H,1-10,13-14H2/q+1. The van der Waals surface area contributed by atoms with Crippen LogP contribution in [-0.4, -0.2) is 16.8 Å². The largest absolute Gasteiger partial charge is 0.171 e. The van der Waals surface area contributed by atoms with Gasteiger partial charge in [-0.05, 0) is 25.7 Å². The van der Waals surface area contributed by atoms with Gasteiger partial charge in [0.1, 0.15) is 12.1 Å². The minimum Gasteiger partial charge on any atom is -0.171 e. The van der Waals surface area contributed by atoms with Crippen LogP contribution in [0.25, 0.3) is 0 Å². The lowest BCUT2D eigenvalue weighted by Crippen LogP contribution is -2.71. The van der Waals surface area contributed by atoms with Gasteiger partial charge in [0, 0.05) is 25.7 Å². The zero-order valence-corrected chi connectivity index (χ0v) is 9.83. The average Bonchev–Trinajstić information content (AvgIpc) is 2.31. The molecule has 3 nitrogen and oxygen atoms in total. The normalized spacial score (nSPS) is 26.8. The third kappa shape index (κ3) is 2.52. The molecule has 15 heavy (non-hydrogen) atoms. The van der Waals surface area contributed by atoms with E-state index in [2.05, 4.69) is 0 Å². The third-order valence-corrected chi connectivity index (χ3v) is 4.41. The van der Waals surface area contributed by atoms with Gasteiger partial charge in [0.2, 0.25) is 0 Å². The number of nitrogens with zero attached hydrogens (tertiary/aromatic N) is 1. The quantitative estimate of drug-likeness (QED) is 0.419. The Morgan fingerprint density at radius 1 is 0.600 bits per heavy atom. The Kier molecular flexibility index (Phi) is 3.65. The summed E-state index contributed by atoms with van der Waals surface area (Å²) in [5.41, 5.74) is 0. The fourth-order valence-corrected chi connectivity index (χ4v) is 3.35. The summed E-state index contributed by atoms with van der Waals surface area (Å²) < 4.78 is 0.333. The molecule has 3 heteroatoms. The van der Waals surface area contributed by atoms with Crippen LogP contribution in [0.1, 0.15) is 64.2 Å². The zero-order chi connectivity index (χ0) is 10.7. The maximum Gasteiger partial charge on any atom is 0.125 e. The molecule has 2 aliphatic rings. The lowest BCUT2D eigenvalue weighted by molar-refractivity contribution is -0.998. The molecule has 0 aromatic carbocycles. The van der Waals surface area contributed by atoms with E-state index in [-0.39, 0.29) is 0 Å². The van der Waals surface area contributed by atoms with Gasteiger partial charge in [-0.15, -0.1) is 0 Å². The first-order valence-electron chi connectivity index (χ1n) is 6.67. The summed E-state index contributed by atoms with van der Waals surface area (Å²) in [6.45, 7) is 0. The number of rotatable bonds is 2. The zero-order valence-electron chi connectivity index (χ0n) is 9.83. The van der Waals surface area contributed by atoms with Crippen molar-refractivity contribution in [2.24, 2.45) is 11.7 Å². The number of nitrogens with two attached hydrogens (primary N) is 2. The van der Waals surface area contributed by atoms with Gasteiger partial charge in [0.05, 0.1) is 0 Å². The number of hydrogen-bond donors (Lipinski definition) is 2. The molecule has 2 fully saturated rings. The molecule has 0 bridgehead atoms. The van der Waals surface area contributed by atoms with E-state index in [0.29, 0.717) is 16.8 Å². The molecule has 0 aromatic rings. The summed E-state index contributed by atoms with van der Waals surface area (Å²) in [7, 11) is 0. The van der Waals surface area contributed by atoms with Crippen molar-refractivity contribution in [2.45, 2.75) is 76.3 Å². The summed E-state index contributed by atoms with van der Waals surface area (Å²) in [6, 6.07) is 1.06. The van der Waals surface area contributed by atoms with Crippen molar-refractivity contribution in [2.75, 3.05) is 0 Å². The van der Waals surface area contributed by atoms with Gasteiger partial charge in [0.15, 0.2) is 0 Å². The smallest absolute Gasteiger partial charge is 0.125 e. The maximum atomic E-state index is 6.38. The summed E-state index contributed by atoms with van der Waals surface area (Å²) in [6.07, 6.45) is 13.0. The highest BCUT2D eigenvalue weighted by Crippen LogP contribution is 2.30. The monoisotopic (exact) mass is 212 g/mol. The Hall–Kier alpha value is -0.120. The molecule has 2 rings (SSSR count). The van der Waals surface area contributed by atoms with Gasteiger partial charge >= 0.3 is 0 Å². The van der Waals surface area contributed by atoms with Crippen LogP contribution in [0.5, 0.6) is 0 Å². The molecule has 0 unspecified atom stereocenters. The van der Waals surface area contributed by atoms with Crippen LogP contribution < -0.4 is 11.7 Å².